The van der Waals surface area contributed by atoms with Crippen molar-refractivity contribution in [3.05, 3.63) is 90.4 Å². The molecule has 0 unspecified atom stereocenters. The maximum atomic E-state index is 14.9. The van der Waals surface area contributed by atoms with E-state index in [0.717, 1.165) is 60.1 Å². The number of hydrogen-bond acceptors (Lipinski definition) is 4. The predicted octanol–water partition coefficient (Wildman–Crippen LogP) is 5.19. The van der Waals surface area contributed by atoms with Crippen LogP contribution in [-0.2, 0) is 11.3 Å². The molecule has 0 amide bonds. The third kappa shape index (κ3) is 4.53. The molecule has 1 aliphatic rings. The topological polar surface area (TPSA) is 39.5 Å². The molecule has 5 rings (SSSR count). The smallest absolute Gasteiger partial charge is 0.132 e. The molecule has 0 saturated carbocycles. The summed E-state index contributed by atoms with van der Waals surface area (Å²) in [5, 5.41) is 4.67. The van der Waals surface area contributed by atoms with Crippen LogP contribution in [0.5, 0.6) is 5.75 Å². The van der Waals surface area contributed by atoms with Gasteiger partial charge in [-0.1, -0.05) is 36.4 Å². The van der Waals surface area contributed by atoms with Gasteiger partial charge in [0.1, 0.15) is 11.6 Å². The molecule has 5 nitrogen and oxygen atoms in total. The fraction of sp³-hybridized carbons (Fsp3) is 0.222. The van der Waals surface area contributed by atoms with Crippen LogP contribution in [0.25, 0.3) is 28.1 Å². The molecule has 3 aromatic carbocycles. The molecular weight excluding hydrogens is 417 g/mol. The van der Waals surface area contributed by atoms with E-state index < -0.39 is 0 Å². The van der Waals surface area contributed by atoms with Gasteiger partial charge in [0.2, 0.25) is 0 Å². The van der Waals surface area contributed by atoms with E-state index >= 15 is 0 Å². The fourth-order valence-corrected chi connectivity index (χ4v) is 4.23. The van der Waals surface area contributed by atoms with Gasteiger partial charge in [0.25, 0.3) is 0 Å². The minimum Gasteiger partial charge on any atom is -0.497 e. The van der Waals surface area contributed by atoms with Crippen LogP contribution < -0.4 is 4.74 Å². The number of halogens is 1. The Bertz CT molecular complexity index is 1230. The van der Waals surface area contributed by atoms with Gasteiger partial charge < -0.3 is 9.47 Å². The number of nitrogens with zero attached hydrogens (tertiary/aromatic N) is 3. The number of aromatic nitrogens is 2. The molecule has 0 radical (unpaired) electrons. The second-order valence-electron chi connectivity index (χ2n) is 8.08. The number of hydrogen-bond donors (Lipinski definition) is 0. The van der Waals surface area contributed by atoms with Crippen molar-refractivity contribution in [1.29, 1.82) is 0 Å². The van der Waals surface area contributed by atoms with Gasteiger partial charge in [-0.05, 0) is 47.5 Å². The Hall–Kier alpha value is -3.48. The van der Waals surface area contributed by atoms with Crippen LogP contribution in [0.2, 0.25) is 0 Å². The number of methoxy groups -OCH3 is 1. The van der Waals surface area contributed by atoms with Crippen molar-refractivity contribution in [2.45, 2.75) is 6.54 Å². The summed E-state index contributed by atoms with van der Waals surface area (Å²) in [6, 6.07) is 23.0. The highest BCUT2D eigenvalue weighted by Crippen LogP contribution is 2.31. The summed E-state index contributed by atoms with van der Waals surface area (Å²) in [6.45, 7) is 3.85. The zero-order chi connectivity index (χ0) is 22.6. The summed E-state index contributed by atoms with van der Waals surface area (Å²) in [5.41, 5.74) is 5.37. The molecule has 0 spiro atoms. The van der Waals surface area contributed by atoms with Crippen LogP contribution in [0, 0.1) is 5.82 Å². The molecule has 1 saturated heterocycles. The quantitative estimate of drug-likeness (QED) is 0.411. The largest absolute Gasteiger partial charge is 0.497 e. The van der Waals surface area contributed by atoms with E-state index in [-0.39, 0.29) is 5.82 Å². The molecule has 2 heterocycles. The summed E-state index contributed by atoms with van der Waals surface area (Å²) in [7, 11) is 1.67. The van der Waals surface area contributed by atoms with Gasteiger partial charge in [0.05, 0.1) is 37.9 Å². The van der Waals surface area contributed by atoms with Crippen molar-refractivity contribution >= 4 is 0 Å². The Morgan fingerprint density at radius 3 is 2.48 bits per heavy atom. The van der Waals surface area contributed by atoms with Crippen LogP contribution in [0.4, 0.5) is 4.39 Å². The van der Waals surface area contributed by atoms with E-state index in [1.54, 1.807) is 13.2 Å². The van der Waals surface area contributed by atoms with Crippen LogP contribution in [0.1, 0.15) is 5.56 Å². The third-order valence-corrected chi connectivity index (χ3v) is 5.99. The van der Waals surface area contributed by atoms with Gasteiger partial charge in [-0.2, -0.15) is 5.10 Å². The van der Waals surface area contributed by atoms with Gasteiger partial charge in [-0.15, -0.1) is 0 Å². The number of ether oxygens (including phenoxy) is 2. The summed E-state index contributed by atoms with van der Waals surface area (Å²) in [4.78, 5) is 2.32. The molecule has 1 aliphatic heterocycles. The molecule has 33 heavy (non-hydrogen) atoms. The maximum absolute atomic E-state index is 14.9. The summed E-state index contributed by atoms with van der Waals surface area (Å²) in [6.07, 6.45) is 1.85. The molecule has 1 fully saturated rings. The zero-order valence-corrected chi connectivity index (χ0v) is 18.6. The molecule has 0 N–H and O–H groups in total. The van der Waals surface area contributed by atoms with Crippen molar-refractivity contribution in [3.8, 4) is 33.8 Å². The Kier molecular flexibility index (Phi) is 6.19. The van der Waals surface area contributed by atoms with Crippen LogP contribution in [-0.4, -0.2) is 48.1 Å². The average Bonchev–Trinajstić information content (AvgIpc) is 3.28. The first-order valence-electron chi connectivity index (χ1n) is 11.1. The molecule has 4 aromatic rings. The third-order valence-electron chi connectivity index (χ3n) is 5.99. The van der Waals surface area contributed by atoms with Gasteiger partial charge >= 0.3 is 0 Å². The van der Waals surface area contributed by atoms with Crippen molar-refractivity contribution < 1.29 is 13.9 Å². The Labute approximate surface area is 193 Å². The maximum Gasteiger partial charge on any atom is 0.132 e. The second kappa shape index (κ2) is 9.57. The van der Waals surface area contributed by atoms with E-state index in [9.17, 15) is 4.39 Å². The summed E-state index contributed by atoms with van der Waals surface area (Å²) >= 11 is 0. The van der Waals surface area contributed by atoms with E-state index in [1.165, 1.54) is 6.07 Å². The van der Waals surface area contributed by atoms with Gasteiger partial charge in [0, 0.05) is 30.8 Å². The van der Waals surface area contributed by atoms with Crippen molar-refractivity contribution in [3.63, 3.8) is 0 Å². The highest BCUT2D eigenvalue weighted by molar-refractivity contribution is 5.69. The Morgan fingerprint density at radius 2 is 1.73 bits per heavy atom. The minimum atomic E-state index is -0.254. The van der Waals surface area contributed by atoms with Crippen molar-refractivity contribution in [1.82, 2.24) is 14.7 Å². The van der Waals surface area contributed by atoms with Crippen molar-refractivity contribution in [2.24, 2.45) is 0 Å². The molecule has 6 heteroatoms. The van der Waals surface area contributed by atoms with E-state index in [0.29, 0.717) is 12.1 Å². The lowest BCUT2D eigenvalue weighted by Gasteiger charge is -2.26. The highest BCUT2D eigenvalue weighted by Gasteiger charge is 2.20. The number of rotatable bonds is 6. The first kappa shape index (κ1) is 21.4. The lowest BCUT2D eigenvalue weighted by molar-refractivity contribution is 0.0342. The van der Waals surface area contributed by atoms with Gasteiger partial charge in [0.15, 0.2) is 0 Å². The molecular formula is C27H26FN3O2. The lowest BCUT2D eigenvalue weighted by atomic mass is 10.0. The van der Waals surface area contributed by atoms with Gasteiger partial charge in [-0.3, -0.25) is 4.90 Å². The van der Waals surface area contributed by atoms with E-state index in [4.69, 9.17) is 9.47 Å². The minimum absolute atomic E-state index is 0.254. The van der Waals surface area contributed by atoms with E-state index in [1.807, 2.05) is 53.3 Å². The average molecular weight is 444 g/mol. The standard InChI is InChI=1S/C27H26FN3O2/c1-32-24-6-4-5-21(17-24)20-9-11-23(12-10-20)31-27(25-7-2-3-8-26(25)28)22(18-29-31)19-30-13-15-33-16-14-30/h2-12,17-18H,13-16,19H2,1H3. The first-order chi connectivity index (χ1) is 16.2. The van der Waals surface area contributed by atoms with E-state index in [2.05, 4.69) is 28.2 Å². The summed E-state index contributed by atoms with van der Waals surface area (Å²) in [5.74, 6) is 0.564. The van der Waals surface area contributed by atoms with Crippen LogP contribution in [0.3, 0.4) is 0 Å². The van der Waals surface area contributed by atoms with Crippen LogP contribution in [0.15, 0.2) is 79.0 Å². The highest BCUT2D eigenvalue weighted by atomic mass is 19.1. The predicted molar refractivity (Wildman–Crippen MR) is 127 cm³/mol. The number of benzene rings is 3. The normalized spacial score (nSPS) is 14.4. The molecule has 0 aliphatic carbocycles. The van der Waals surface area contributed by atoms with Crippen LogP contribution >= 0.6 is 0 Å². The fourth-order valence-electron chi connectivity index (χ4n) is 4.23. The molecule has 0 atom stereocenters. The Balaban J connectivity index is 1.52. The molecule has 168 valence electrons. The monoisotopic (exact) mass is 443 g/mol. The van der Waals surface area contributed by atoms with Gasteiger partial charge in [-0.25, -0.2) is 9.07 Å². The number of morpholine rings is 1. The Morgan fingerprint density at radius 1 is 0.939 bits per heavy atom. The lowest BCUT2D eigenvalue weighted by Crippen LogP contribution is -2.35. The summed E-state index contributed by atoms with van der Waals surface area (Å²) < 4.78 is 27.5. The molecule has 0 bridgehead atoms. The first-order valence-corrected chi connectivity index (χ1v) is 11.1. The second-order valence-corrected chi connectivity index (χ2v) is 8.08. The zero-order valence-electron chi connectivity index (χ0n) is 18.6. The molecule has 1 aromatic heterocycles. The SMILES string of the molecule is COc1cccc(-c2ccc(-n3ncc(CN4CCOCC4)c3-c3ccccc3F)cc2)c1. The van der Waals surface area contributed by atoms with Crippen molar-refractivity contribution in [2.75, 3.05) is 33.4 Å².